The first-order chi connectivity index (χ1) is 9.20. The summed E-state index contributed by atoms with van der Waals surface area (Å²) in [5.41, 5.74) is 5.67. The van der Waals surface area contributed by atoms with Gasteiger partial charge in [-0.1, -0.05) is 20.8 Å². The summed E-state index contributed by atoms with van der Waals surface area (Å²) in [6, 6.07) is -0.627. The maximum Gasteiger partial charge on any atom is 0.241 e. The number of carbonyl (C=O) groups excluding carboxylic acids is 3. The van der Waals surface area contributed by atoms with Crippen LogP contribution in [0, 0.1) is 11.8 Å². The lowest BCUT2D eigenvalue weighted by atomic mass is 10.1. The molecule has 0 rings (SSSR count). The molecule has 2 atom stereocenters. The average molecular weight is 286 g/mol. The van der Waals surface area contributed by atoms with E-state index in [0.717, 1.165) is 0 Å². The molecule has 0 saturated heterocycles. The average Bonchev–Trinajstić information content (AvgIpc) is 2.41. The van der Waals surface area contributed by atoms with E-state index < -0.39 is 6.04 Å². The highest BCUT2D eigenvalue weighted by Gasteiger charge is 2.20. The molecule has 0 aliphatic rings. The number of carbonyl (C=O) groups is 3. The van der Waals surface area contributed by atoms with E-state index in [-0.39, 0.29) is 36.1 Å². The second-order valence-corrected chi connectivity index (χ2v) is 5.28. The predicted molar refractivity (Wildman–Crippen MR) is 76.7 cm³/mol. The maximum absolute atomic E-state index is 11.8. The first-order valence-electron chi connectivity index (χ1n) is 6.69. The Morgan fingerprint density at radius 2 is 1.70 bits per heavy atom. The van der Waals surface area contributed by atoms with E-state index in [1.165, 1.54) is 4.90 Å². The van der Waals surface area contributed by atoms with Crippen molar-refractivity contribution in [2.45, 2.75) is 26.8 Å². The van der Waals surface area contributed by atoms with Crippen LogP contribution in [-0.2, 0) is 14.4 Å². The number of nitrogens with one attached hydrogen (secondary N) is 2. The van der Waals surface area contributed by atoms with Gasteiger partial charge in [0.1, 0.15) is 0 Å². The van der Waals surface area contributed by atoms with Crippen molar-refractivity contribution in [2.24, 2.45) is 17.6 Å². The molecule has 0 radical (unpaired) electrons. The molecule has 0 fully saturated rings. The summed E-state index contributed by atoms with van der Waals surface area (Å²) in [4.78, 5) is 36.2. The van der Waals surface area contributed by atoms with Gasteiger partial charge >= 0.3 is 0 Å². The normalized spacial score (nSPS) is 13.6. The van der Waals surface area contributed by atoms with Crippen molar-refractivity contribution in [1.82, 2.24) is 15.5 Å². The van der Waals surface area contributed by atoms with Gasteiger partial charge in [0.05, 0.1) is 18.5 Å². The summed E-state index contributed by atoms with van der Waals surface area (Å²) < 4.78 is 0. The topological polar surface area (TPSA) is 105 Å². The molecular formula is C13H26N4O3. The van der Waals surface area contributed by atoms with Crippen LogP contribution in [-0.4, -0.2) is 55.8 Å². The van der Waals surface area contributed by atoms with Gasteiger partial charge in [-0.3, -0.25) is 14.4 Å². The van der Waals surface area contributed by atoms with Gasteiger partial charge < -0.3 is 21.3 Å². The Kier molecular flexibility index (Phi) is 7.83. The van der Waals surface area contributed by atoms with Crippen molar-refractivity contribution in [2.75, 3.05) is 27.2 Å². The highest BCUT2D eigenvalue weighted by molar-refractivity contribution is 5.87. The first-order valence-corrected chi connectivity index (χ1v) is 6.69. The number of hydrogen-bond donors (Lipinski definition) is 3. The van der Waals surface area contributed by atoms with Crippen molar-refractivity contribution in [3.05, 3.63) is 0 Å². The molecule has 1 unspecified atom stereocenters. The van der Waals surface area contributed by atoms with Crippen LogP contribution in [0.25, 0.3) is 0 Å². The van der Waals surface area contributed by atoms with Gasteiger partial charge in [0, 0.05) is 20.6 Å². The lowest BCUT2D eigenvalue weighted by Crippen LogP contribution is -2.48. The van der Waals surface area contributed by atoms with Crippen molar-refractivity contribution >= 4 is 17.7 Å². The van der Waals surface area contributed by atoms with Gasteiger partial charge in [0.25, 0.3) is 0 Å². The first kappa shape index (κ1) is 18.4. The number of hydrogen-bond acceptors (Lipinski definition) is 4. The minimum Gasteiger partial charge on any atom is -0.359 e. The molecule has 116 valence electrons. The Hall–Kier alpha value is -1.63. The largest absolute Gasteiger partial charge is 0.359 e. The lowest BCUT2D eigenvalue weighted by molar-refractivity contribution is -0.134. The molecule has 0 aromatic rings. The summed E-state index contributed by atoms with van der Waals surface area (Å²) in [5.74, 6) is -1.03. The molecule has 0 aromatic heterocycles. The molecule has 7 nitrogen and oxygen atoms in total. The smallest absolute Gasteiger partial charge is 0.241 e. The third-order valence-electron chi connectivity index (χ3n) is 3.10. The van der Waals surface area contributed by atoms with Crippen LogP contribution < -0.4 is 16.4 Å². The Morgan fingerprint density at radius 3 is 2.15 bits per heavy atom. The van der Waals surface area contributed by atoms with Crippen molar-refractivity contribution in [3.63, 3.8) is 0 Å². The quantitative estimate of drug-likeness (QED) is 0.554. The van der Waals surface area contributed by atoms with Crippen LogP contribution in [0.5, 0.6) is 0 Å². The van der Waals surface area contributed by atoms with E-state index in [2.05, 4.69) is 10.6 Å². The fourth-order valence-electron chi connectivity index (χ4n) is 1.56. The van der Waals surface area contributed by atoms with Gasteiger partial charge in [0.15, 0.2) is 0 Å². The number of nitrogens with zero attached hydrogens (tertiary/aromatic N) is 1. The minimum absolute atomic E-state index is 0.0103. The number of rotatable bonds is 7. The second-order valence-electron chi connectivity index (χ2n) is 5.28. The Bertz CT molecular complexity index is 358. The van der Waals surface area contributed by atoms with E-state index in [9.17, 15) is 14.4 Å². The van der Waals surface area contributed by atoms with Gasteiger partial charge in [-0.15, -0.1) is 0 Å². The maximum atomic E-state index is 11.8. The molecule has 4 N–H and O–H groups in total. The second kappa shape index (κ2) is 8.52. The number of likely N-dealkylation sites (N-methyl/N-ethyl adjacent to an activating group) is 1. The standard InChI is InChI=1S/C13H26N4O3/c1-8(2)11(14)13(20)16-6-10(18)17(5)7-9(3)12(19)15-4/h8-9,11H,6-7,14H2,1-5H3,(H,15,19)(H,16,20)/t9?,11-/m0/s1. The Balaban J connectivity index is 4.21. The Labute approximate surface area is 120 Å². The van der Waals surface area contributed by atoms with Crippen molar-refractivity contribution in [3.8, 4) is 0 Å². The zero-order valence-corrected chi connectivity index (χ0v) is 12.9. The van der Waals surface area contributed by atoms with Crippen LogP contribution in [0.15, 0.2) is 0 Å². The number of amides is 3. The SMILES string of the molecule is CNC(=O)C(C)CN(C)C(=O)CNC(=O)[C@@H](N)C(C)C. The molecule has 3 amide bonds. The molecular weight excluding hydrogens is 260 g/mol. The van der Waals surface area contributed by atoms with E-state index in [1.54, 1.807) is 21.0 Å². The Morgan fingerprint density at radius 1 is 1.15 bits per heavy atom. The van der Waals surface area contributed by atoms with E-state index in [4.69, 9.17) is 5.73 Å². The van der Waals surface area contributed by atoms with Crippen LogP contribution in [0.3, 0.4) is 0 Å². The molecule has 0 heterocycles. The molecule has 0 saturated carbocycles. The van der Waals surface area contributed by atoms with Gasteiger partial charge in [0.2, 0.25) is 17.7 Å². The molecule has 0 aliphatic carbocycles. The van der Waals surface area contributed by atoms with Crippen LogP contribution >= 0.6 is 0 Å². The lowest BCUT2D eigenvalue weighted by Gasteiger charge is -2.22. The van der Waals surface area contributed by atoms with E-state index in [0.29, 0.717) is 6.54 Å². The summed E-state index contributed by atoms with van der Waals surface area (Å²) in [7, 11) is 3.14. The third kappa shape index (κ3) is 6.01. The van der Waals surface area contributed by atoms with E-state index in [1.807, 2.05) is 13.8 Å². The van der Waals surface area contributed by atoms with Crippen LogP contribution in [0.4, 0.5) is 0 Å². The summed E-state index contributed by atoms with van der Waals surface area (Å²) >= 11 is 0. The summed E-state index contributed by atoms with van der Waals surface area (Å²) in [5, 5.41) is 5.03. The van der Waals surface area contributed by atoms with Crippen molar-refractivity contribution < 1.29 is 14.4 Å². The fourth-order valence-corrected chi connectivity index (χ4v) is 1.56. The van der Waals surface area contributed by atoms with Gasteiger partial charge in [-0.05, 0) is 5.92 Å². The molecule has 0 aliphatic heterocycles. The van der Waals surface area contributed by atoms with Gasteiger partial charge in [-0.25, -0.2) is 0 Å². The predicted octanol–water partition coefficient (Wildman–Crippen LogP) is -1.07. The van der Waals surface area contributed by atoms with Crippen LogP contribution in [0.1, 0.15) is 20.8 Å². The molecule has 0 spiro atoms. The fraction of sp³-hybridized carbons (Fsp3) is 0.769. The molecule has 0 bridgehead atoms. The molecule has 0 aromatic carbocycles. The summed E-state index contributed by atoms with van der Waals surface area (Å²) in [6.07, 6.45) is 0. The third-order valence-corrected chi connectivity index (χ3v) is 3.10. The highest BCUT2D eigenvalue weighted by atomic mass is 16.2. The van der Waals surface area contributed by atoms with Gasteiger partial charge in [-0.2, -0.15) is 0 Å². The van der Waals surface area contributed by atoms with E-state index >= 15 is 0 Å². The minimum atomic E-state index is -0.627. The van der Waals surface area contributed by atoms with Crippen LogP contribution in [0.2, 0.25) is 0 Å². The van der Waals surface area contributed by atoms with Crippen molar-refractivity contribution in [1.29, 1.82) is 0 Å². The molecule has 7 heteroatoms. The monoisotopic (exact) mass is 286 g/mol. The zero-order chi connectivity index (χ0) is 15.9. The summed E-state index contributed by atoms with van der Waals surface area (Å²) in [6.45, 7) is 5.59. The highest BCUT2D eigenvalue weighted by Crippen LogP contribution is 1.99. The zero-order valence-electron chi connectivity index (χ0n) is 12.9. The molecule has 20 heavy (non-hydrogen) atoms. The number of nitrogens with two attached hydrogens (primary N) is 1.